The molecule has 20 heavy (non-hydrogen) atoms. The molecule has 0 atom stereocenters. The minimum atomic E-state index is -0.239. The highest BCUT2D eigenvalue weighted by Crippen LogP contribution is 2.31. The molecule has 1 aromatic heterocycles. The molecule has 0 aliphatic rings. The second kappa shape index (κ2) is 5.73. The van der Waals surface area contributed by atoms with Crippen LogP contribution in [0, 0.1) is 5.82 Å². The number of hydrogen-bond acceptors (Lipinski definition) is 2. The molecule has 4 heteroatoms. The first-order chi connectivity index (χ1) is 9.78. The molecule has 0 aliphatic carbocycles. The maximum Gasteiger partial charge on any atom is 0.123 e. The first kappa shape index (κ1) is 13.3. The zero-order valence-corrected chi connectivity index (χ0v) is 12.1. The Bertz CT molecular complexity index is 708. The number of alkyl halides is 1. The lowest BCUT2D eigenvalue weighted by molar-refractivity contribution is 0.628. The van der Waals surface area contributed by atoms with Crippen LogP contribution in [-0.2, 0) is 5.88 Å². The van der Waals surface area contributed by atoms with Gasteiger partial charge in [0, 0.05) is 23.0 Å². The molecule has 1 nitrogen and oxygen atoms in total. The average molecular weight is 304 g/mol. The summed E-state index contributed by atoms with van der Waals surface area (Å²) in [6, 6.07) is 12.5. The van der Waals surface area contributed by atoms with Crippen LogP contribution in [0.3, 0.4) is 0 Å². The third-order valence-corrected chi connectivity index (χ3v) is 4.20. The Kier molecular flexibility index (Phi) is 3.81. The highest BCUT2D eigenvalue weighted by atomic mass is 35.5. The van der Waals surface area contributed by atoms with E-state index in [0.29, 0.717) is 5.88 Å². The maximum absolute atomic E-state index is 13.1. The van der Waals surface area contributed by atoms with Crippen molar-refractivity contribution in [3.63, 3.8) is 0 Å². The fourth-order valence-electron chi connectivity index (χ4n) is 2.09. The molecule has 3 aromatic rings. The SMILES string of the molecule is Fc1ccc(-c2cc(-c3nccs3)ccc2CCl)cc1. The van der Waals surface area contributed by atoms with E-state index in [1.807, 2.05) is 17.5 Å². The summed E-state index contributed by atoms with van der Waals surface area (Å²) in [7, 11) is 0. The van der Waals surface area contributed by atoms with Crippen molar-refractivity contribution in [3.05, 3.63) is 65.4 Å². The number of aromatic nitrogens is 1. The number of hydrogen-bond donors (Lipinski definition) is 0. The van der Waals surface area contributed by atoms with Gasteiger partial charge in [0.1, 0.15) is 10.8 Å². The van der Waals surface area contributed by atoms with Gasteiger partial charge in [-0.1, -0.05) is 24.3 Å². The quantitative estimate of drug-likeness (QED) is 0.594. The van der Waals surface area contributed by atoms with Crippen LogP contribution in [0.2, 0.25) is 0 Å². The van der Waals surface area contributed by atoms with Gasteiger partial charge in [0.15, 0.2) is 0 Å². The van der Waals surface area contributed by atoms with Crippen molar-refractivity contribution in [1.29, 1.82) is 0 Å². The first-order valence-electron chi connectivity index (χ1n) is 6.12. The largest absolute Gasteiger partial charge is 0.245 e. The minimum absolute atomic E-state index is 0.239. The van der Waals surface area contributed by atoms with Crippen molar-refractivity contribution in [2.75, 3.05) is 0 Å². The van der Waals surface area contributed by atoms with E-state index in [-0.39, 0.29) is 5.82 Å². The molecule has 0 aliphatic heterocycles. The van der Waals surface area contributed by atoms with E-state index in [2.05, 4.69) is 11.1 Å². The van der Waals surface area contributed by atoms with E-state index < -0.39 is 0 Å². The first-order valence-corrected chi connectivity index (χ1v) is 7.54. The van der Waals surface area contributed by atoms with Gasteiger partial charge in [0.2, 0.25) is 0 Å². The van der Waals surface area contributed by atoms with Gasteiger partial charge in [-0.3, -0.25) is 0 Å². The minimum Gasteiger partial charge on any atom is -0.245 e. The summed E-state index contributed by atoms with van der Waals surface area (Å²) in [4.78, 5) is 4.32. The molecule has 0 fully saturated rings. The fraction of sp³-hybridized carbons (Fsp3) is 0.0625. The summed E-state index contributed by atoms with van der Waals surface area (Å²) >= 11 is 7.60. The van der Waals surface area contributed by atoms with Crippen molar-refractivity contribution in [2.24, 2.45) is 0 Å². The zero-order valence-electron chi connectivity index (χ0n) is 10.5. The number of halogens is 2. The smallest absolute Gasteiger partial charge is 0.123 e. The van der Waals surface area contributed by atoms with E-state index in [1.54, 1.807) is 29.7 Å². The highest BCUT2D eigenvalue weighted by molar-refractivity contribution is 7.13. The number of thiazole rings is 1. The molecular formula is C16H11ClFNS. The van der Waals surface area contributed by atoms with Crippen LogP contribution in [0.5, 0.6) is 0 Å². The second-order valence-electron chi connectivity index (χ2n) is 4.35. The van der Waals surface area contributed by atoms with E-state index in [4.69, 9.17) is 11.6 Å². The van der Waals surface area contributed by atoms with Crippen molar-refractivity contribution < 1.29 is 4.39 Å². The second-order valence-corrected chi connectivity index (χ2v) is 5.51. The summed E-state index contributed by atoms with van der Waals surface area (Å²) in [6.07, 6.45) is 1.78. The Hall–Kier alpha value is -1.71. The molecule has 0 radical (unpaired) electrons. The Morgan fingerprint density at radius 2 is 1.80 bits per heavy atom. The van der Waals surface area contributed by atoms with Crippen LogP contribution < -0.4 is 0 Å². The average Bonchev–Trinajstić information content (AvgIpc) is 3.02. The Morgan fingerprint density at radius 3 is 2.45 bits per heavy atom. The van der Waals surface area contributed by atoms with Crippen molar-refractivity contribution in [2.45, 2.75) is 5.88 Å². The summed E-state index contributed by atoms with van der Waals surface area (Å²) in [5.74, 6) is 0.183. The van der Waals surface area contributed by atoms with E-state index in [9.17, 15) is 4.39 Å². The molecule has 2 aromatic carbocycles. The lowest BCUT2D eigenvalue weighted by Gasteiger charge is -2.09. The van der Waals surface area contributed by atoms with E-state index >= 15 is 0 Å². The van der Waals surface area contributed by atoms with Crippen LogP contribution in [-0.4, -0.2) is 4.98 Å². The van der Waals surface area contributed by atoms with Gasteiger partial charge in [-0.05, 0) is 34.9 Å². The van der Waals surface area contributed by atoms with E-state index in [1.165, 1.54) is 12.1 Å². The van der Waals surface area contributed by atoms with Crippen molar-refractivity contribution >= 4 is 22.9 Å². The van der Waals surface area contributed by atoms with Gasteiger partial charge in [0.05, 0.1) is 0 Å². The topological polar surface area (TPSA) is 12.9 Å². The Balaban J connectivity index is 2.12. The molecule has 1 heterocycles. The standard InChI is InChI=1S/C16H11ClFNS/c17-10-13-2-1-12(16-19-7-8-20-16)9-15(13)11-3-5-14(18)6-4-11/h1-9H,10H2. The molecule has 0 N–H and O–H groups in total. The predicted octanol–water partition coefficient (Wildman–Crippen LogP) is 5.36. The van der Waals surface area contributed by atoms with Gasteiger partial charge in [-0.2, -0.15) is 0 Å². The summed E-state index contributed by atoms with van der Waals surface area (Å²) in [5.41, 5.74) is 4.06. The molecule has 0 saturated carbocycles. The van der Waals surface area contributed by atoms with Gasteiger partial charge in [-0.15, -0.1) is 22.9 Å². The Labute approximate surface area is 125 Å². The van der Waals surface area contributed by atoms with Gasteiger partial charge >= 0.3 is 0 Å². The lowest BCUT2D eigenvalue weighted by atomic mass is 9.98. The lowest BCUT2D eigenvalue weighted by Crippen LogP contribution is -1.88. The summed E-state index contributed by atoms with van der Waals surface area (Å²) in [5, 5.41) is 2.91. The zero-order chi connectivity index (χ0) is 13.9. The van der Waals surface area contributed by atoms with Gasteiger partial charge in [-0.25, -0.2) is 9.37 Å². The third kappa shape index (κ3) is 2.60. The normalized spacial score (nSPS) is 10.7. The monoisotopic (exact) mass is 303 g/mol. The molecular weight excluding hydrogens is 293 g/mol. The molecule has 0 unspecified atom stereocenters. The molecule has 0 saturated heterocycles. The van der Waals surface area contributed by atoms with Crippen LogP contribution in [0.15, 0.2) is 54.0 Å². The van der Waals surface area contributed by atoms with Gasteiger partial charge in [0.25, 0.3) is 0 Å². The summed E-state index contributed by atoms with van der Waals surface area (Å²) < 4.78 is 13.1. The number of rotatable bonds is 3. The van der Waals surface area contributed by atoms with Crippen molar-refractivity contribution in [1.82, 2.24) is 4.98 Å². The molecule has 0 amide bonds. The number of nitrogens with zero attached hydrogens (tertiary/aromatic N) is 1. The molecule has 3 rings (SSSR count). The molecule has 0 bridgehead atoms. The number of benzene rings is 2. The highest BCUT2D eigenvalue weighted by Gasteiger charge is 2.08. The molecule has 0 spiro atoms. The molecule has 100 valence electrons. The van der Waals surface area contributed by atoms with E-state index in [0.717, 1.165) is 27.3 Å². The Morgan fingerprint density at radius 1 is 1.05 bits per heavy atom. The van der Waals surface area contributed by atoms with Crippen LogP contribution in [0.25, 0.3) is 21.7 Å². The third-order valence-electron chi connectivity index (χ3n) is 3.09. The fourth-order valence-corrected chi connectivity index (χ4v) is 2.96. The predicted molar refractivity (Wildman–Crippen MR) is 82.5 cm³/mol. The maximum atomic E-state index is 13.1. The summed E-state index contributed by atoms with van der Waals surface area (Å²) in [6.45, 7) is 0. The van der Waals surface area contributed by atoms with Gasteiger partial charge < -0.3 is 0 Å². The van der Waals surface area contributed by atoms with Crippen LogP contribution >= 0.6 is 22.9 Å². The van der Waals surface area contributed by atoms with Crippen LogP contribution in [0.1, 0.15) is 5.56 Å². The van der Waals surface area contributed by atoms with Crippen LogP contribution in [0.4, 0.5) is 4.39 Å². The van der Waals surface area contributed by atoms with Crippen molar-refractivity contribution in [3.8, 4) is 21.7 Å².